The van der Waals surface area contributed by atoms with Gasteiger partial charge in [0.05, 0.1) is 46.4 Å². The summed E-state index contributed by atoms with van der Waals surface area (Å²) < 4.78 is 7.99. The molecule has 4 heterocycles. The van der Waals surface area contributed by atoms with Gasteiger partial charge in [-0.3, -0.25) is 9.59 Å². The van der Waals surface area contributed by atoms with E-state index in [-0.39, 0.29) is 21.0 Å². The highest BCUT2D eigenvalue weighted by atomic mass is 32.3. The molecule has 0 spiro atoms. The number of hydrogen-bond donors (Lipinski definition) is 0. The summed E-state index contributed by atoms with van der Waals surface area (Å²) in [6.45, 7) is 8.49. The van der Waals surface area contributed by atoms with Gasteiger partial charge in [0.1, 0.15) is 0 Å². The molecule has 0 saturated heterocycles. The Bertz CT molecular complexity index is 718. The van der Waals surface area contributed by atoms with Crippen LogP contribution >= 0.6 is 94.1 Å². The van der Waals surface area contributed by atoms with Crippen LogP contribution in [0, 0.1) is 0 Å². The second-order valence-electron chi connectivity index (χ2n) is 7.00. The zero-order chi connectivity index (χ0) is 21.4. The molecule has 30 heavy (non-hydrogen) atoms. The minimum Gasteiger partial charge on any atom is -0.297 e. The van der Waals surface area contributed by atoms with Gasteiger partial charge in [0, 0.05) is 0 Å². The zero-order valence-corrected chi connectivity index (χ0v) is 23.8. The van der Waals surface area contributed by atoms with E-state index in [1.165, 1.54) is 25.4 Å². The second kappa shape index (κ2) is 10.7. The Kier molecular flexibility index (Phi) is 8.77. The minimum absolute atomic E-state index is 0.0823. The van der Waals surface area contributed by atoms with Gasteiger partial charge in [-0.2, -0.15) is 0 Å². The van der Waals surface area contributed by atoms with Gasteiger partial charge in [-0.15, -0.1) is 47.0 Å². The zero-order valence-electron chi connectivity index (χ0n) is 17.2. The summed E-state index contributed by atoms with van der Waals surface area (Å²) in [5.74, 6) is 0.818. The van der Waals surface area contributed by atoms with Crippen molar-refractivity contribution < 1.29 is 9.59 Å². The molecule has 4 aliphatic heterocycles. The lowest BCUT2D eigenvalue weighted by Gasteiger charge is -2.17. The first-order valence-corrected chi connectivity index (χ1v) is 17.0. The van der Waals surface area contributed by atoms with Gasteiger partial charge in [-0.1, -0.05) is 74.7 Å². The fraction of sp³-hybridized carbons (Fsp3) is 0.600. The lowest BCUT2D eigenvalue weighted by Crippen LogP contribution is -2.26. The van der Waals surface area contributed by atoms with Gasteiger partial charge < -0.3 is 0 Å². The van der Waals surface area contributed by atoms with Crippen molar-refractivity contribution in [1.82, 2.24) is 0 Å². The Balaban J connectivity index is 1.53. The van der Waals surface area contributed by atoms with E-state index in [2.05, 4.69) is 27.7 Å². The predicted octanol–water partition coefficient (Wildman–Crippen LogP) is 8.54. The summed E-state index contributed by atoms with van der Waals surface area (Å²) in [4.78, 5) is 25.6. The lowest BCUT2D eigenvalue weighted by molar-refractivity contribution is -0.118. The third kappa shape index (κ3) is 4.91. The van der Waals surface area contributed by atoms with Crippen LogP contribution in [-0.2, 0) is 9.59 Å². The molecule has 4 rings (SSSR count). The number of thioether (sulfide) groups is 8. The van der Waals surface area contributed by atoms with Crippen molar-refractivity contribution in [2.75, 3.05) is 0 Å². The molecule has 0 radical (unpaired) electrons. The van der Waals surface area contributed by atoms with E-state index in [1.54, 1.807) is 47.0 Å². The monoisotopic (exact) mass is 552 g/mol. The number of ketones is 2. The maximum Gasteiger partial charge on any atom is 0.159 e. The predicted molar refractivity (Wildman–Crippen MR) is 148 cm³/mol. The van der Waals surface area contributed by atoms with Crippen molar-refractivity contribution in [3.05, 3.63) is 25.4 Å². The van der Waals surface area contributed by atoms with Crippen molar-refractivity contribution in [1.29, 1.82) is 0 Å². The minimum atomic E-state index is 0.0823. The molecule has 4 aliphatic rings. The number of rotatable bonds is 4. The molecule has 2 nitrogen and oxygen atoms in total. The van der Waals surface area contributed by atoms with Crippen LogP contribution in [0.4, 0.5) is 0 Å². The van der Waals surface area contributed by atoms with Crippen LogP contribution in [-0.4, -0.2) is 32.6 Å². The van der Waals surface area contributed by atoms with E-state index in [0.717, 1.165) is 25.7 Å². The smallest absolute Gasteiger partial charge is 0.159 e. The van der Waals surface area contributed by atoms with E-state index in [9.17, 15) is 9.59 Å². The summed E-state index contributed by atoms with van der Waals surface area (Å²) >= 11 is 14.6. The molecule has 4 atom stereocenters. The van der Waals surface area contributed by atoms with Gasteiger partial charge in [0.2, 0.25) is 0 Å². The molecule has 0 aromatic heterocycles. The number of carbonyl (C=O) groups excluding carboxylic acids is 2. The molecule has 4 unspecified atom stereocenters. The topological polar surface area (TPSA) is 34.1 Å². The third-order valence-corrected chi connectivity index (χ3v) is 17.9. The summed E-state index contributed by atoms with van der Waals surface area (Å²) in [5, 5.41) is 0.329. The Morgan fingerprint density at radius 2 is 0.700 bits per heavy atom. The summed E-state index contributed by atoms with van der Waals surface area (Å²) in [5.41, 5.74) is 0. The molecule has 0 aromatic rings. The van der Waals surface area contributed by atoms with Gasteiger partial charge in [-0.05, 0) is 25.7 Å². The van der Waals surface area contributed by atoms with Crippen LogP contribution in [0.15, 0.2) is 25.4 Å². The SMILES string of the molecule is CCC1SC2=C(SC(=C3SC4=C(S3)SC(CC)C(=O)C(CC)S4)S2)SC(CC)C1=O. The second-order valence-corrected chi connectivity index (χ2v) is 17.5. The van der Waals surface area contributed by atoms with Crippen LogP contribution in [0.25, 0.3) is 0 Å². The lowest BCUT2D eigenvalue weighted by atomic mass is 10.1. The quantitative estimate of drug-likeness (QED) is 0.338. The molecule has 0 saturated carbocycles. The van der Waals surface area contributed by atoms with Gasteiger partial charge >= 0.3 is 0 Å². The molecule has 10 heteroatoms. The summed E-state index contributed by atoms with van der Waals surface area (Å²) in [6.07, 6.45) is 3.58. The molecule has 0 bridgehead atoms. The average molecular weight is 553 g/mol. The number of Topliss-reactive ketones (excluding diaryl/α,β-unsaturated/α-hetero) is 2. The van der Waals surface area contributed by atoms with Gasteiger partial charge in [0.15, 0.2) is 11.6 Å². The first-order valence-electron chi connectivity index (χ1n) is 10.2. The van der Waals surface area contributed by atoms with E-state index in [4.69, 9.17) is 0 Å². The van der Waals surface area contributed by atoms with Gasteiger partial charge in [0.25, 0.3) is 0 Å². The van der Waals surface area contributed by atoms with Crippen molar-refractivity contribution >= 4 is 106 Å². The molecule has 0 amide bonds. The number of carbonyl (C=O) groups is 2. The molecule has 0 fully saturated rings. The van der Waals surface area contributed by atoms with E-state index < -0.39 is 0 Å². The van der Waals surface area contributed by atoms with Crippen LogP contribution in [0.3, 0.4) is 0 Å². The third-order valence-electron chi connectivity index (χ3n) is 4.99. The Labute approximate surface area is 213 Å². The van der Waals surface area contributed by atoms with E-state index in [0.29, 0.717) is 11.6 Å². The van der Waals surface area contributed by atoms with Crippen molar-refractivity contribution in [2.45, 2.75) is 74.4 Å². The van der Waals surface area contributed by atoms with Crippen LogP contribution in [0.1, 0.15) is 53.4 Å². The normalized spacial score (nSPS) is 32.5. The average Bonchev–Trinajstić information content (AvgIpc) is 3.28. The Morgan fingerprint density at radius 1 is 0.467 bits per heavy atom. The maximum atomic E-state index is 12.8. The van der Waals surface area contributed by atoms with Crippen molar-refractivity contribution in [3.63, 3.8) is 0 Å². The number of hydrogen-bond acceptors (Lipinski definition) is 10. The molecule has 0 N–H and O–H groups in total. The maximum absolute atomic E-state index is 12.8. The fourth-order valence-corrected chi connectivity index (χ4v) is 16.3. The highest BCUT2D eigenvalue weighted by Crippen LogP contribution is 2.68. The molecule has 0 aromatic carbocycles. The molecular weight excluding hydrogens is 529 g/mol. The Hall–Kier alpha value is 1.36. The largest absolute Gasteiger partial charge is 0.297 e. The standard InChI is InChI=1S/C20H24O2S8/c1-5-9-13(21)10(6-2)24-16-15(23-9)27-19(28-16)20-29-17-18(30-20)26-12(8-4)14(22)11(7-3)25-17/h9-12H,5-8H2,1-4H3. The van der Waals surface area contributed by atoms with Crippen molar-refractivity contribution in [2.24, 2.45) is 0 Å². The first kappa shape index (κ1) is 24.5. The van der Waals surface area contributed by atoms with Crippen LogP contribution in [0.5, 0.6) is 0 Å². The van der Waals surface area contributed by atoms with E-state index >= 15 is 0 Å². The molecule has 0 aliphatic carbocycles. The van der Waals surface area contributed by atoms with Crippen LogP contribution < -0.4 is 0 Å². The van der Waals surface area contributed by atoms with Crippen molar-refractivity contribution in [3.8, 4) is 0 Å². The van der Waals surface area contributed by atoms with Crippen LogP contribution in [0.2, 0.25) is 0 Å². The first-order chi connectivity index (χ1) is 14.5. The van der Waals surface area contributed by atoms with Gasteiger partial charge in [-0.25, -0.2) is 0 Å². The highest BCUT2D eigenvalue weighted by Gasteiger charge is 2.40. The summed E-state index contributed by atoms with van der Waals surface area (Å²) in [6, 6.07) is 0. The fourth-order valence-electron chi connectivity index (χ4n) is 3.30. The summed E-state index contributed by atoms with van der Waals surface area (Å²) in [7, 11) is 0. The van der Waals surface area contributed by atoms with E-state index in [1.807, 2.05) is 47.0 Å². The molecule has 164 valence electrons. The highest BCUT2D eigenvalue weighted by molar-refractivity contribution is 8.45. The Morgan fingerprint density at radius 3 is 0.900 bits per heavy atom. The molecular formula is C20H24O2S8.